The third kappa shape index (κ3) is 4.42. The van der Waals surface area contributed by atoms with Gasteiger partial charge in [-0.3, -0.25) is 14.8 Å². The first kappa shape index (κ1) is 17.5. The quantitative estimate of drug-likeness (QED) is 0.908. The van der Waals surface area contributed by atoms with Crippen LogP contribution in [0.5, 0.6) is 0 Å². The number of likely N-dealkylation sites (tertiary alicyclic amines) is 1. The molecule has 25 heavy (non-hydrogen) atoms. The molecule has 1 aromatic carbocycles. The molecule has 1 amide bonds. The molecule has 1 fully saturated rings. The lowest BCUT2D eigenvalue weighted by molar-refractivity contribution is 0.0764. The lowest BCUT2D eigenvalue weighted by atomic mass is 10.0. The van der Waals surface area contributed by atoms with Gasteiger partial charge in [-0.1, -0.05) is 26.0 Å². The number of carbonyl (C=O) groups is 1. The summed E-state index contributed by atoms with van der Waals surface area (Å²) in [6.07, 6.45) is 6.12. The number of β-amino-alcohol motifs (C(OH)–C–C–N with tert-alkyl or cyclic N) is 1. The first-order chi connectivity index (χ1) is 12.0. The van der Waals surface area contributed by atoms with E-state index in [1.165, 1.54) is 5.56 Å². The van der Waals surface area contributed by atoms with Crippen LogP contribution in [0.25, 0.3) is 0 Å². The zero-order chi connectivity index (χ0) is 17.8. The molecule has 0 aliphatic carbocycles. The molecule has 3 rings (SSSR count). The van der Waals surface area contributed by atoms with Crippen LogP contribution < -0.4 is 0 Å². The smallest absolute Gasteiger partial charge is 0.253 e. The van der Waals surface area contributed by atoms with E-state index < -0.39 is 6.10 Å². The van der Waals surface area contributed by atoms with Crippen molar-refractivity contribution in [3.8, 4) is 0 Å². The van der Waals surface area contributed by atoms with E-state index >= 15 is 0 Å². The average molecular weight is 339 g/mol. The number of rotatable bonds is 5. The second-order valence-electron chi connectivity index (χ2n) is 7.23. The van der Waals surface area contributed by atoms with Gasteiger partial charge in [0.05, 0.1) is 11.8 Å². The van der Waals surface area contributed by atoms with Gasteiger partial charge in [0.2, 0.25) is 0 Å². The molecule has 1 aliphatic heterocycles. The van der Waals surface area contributed by atoms with Gasteiger partial charge in [0, 0.05) is 43.2 Å². The minimum Gasteiger partial charge on any atom is -0.391 e. The maximum absolute atomic E-state index is 12.7. The molecule has 0 unspecified atom stereocenters. The van der Waals surface area contributed by atoms with Crippen LogP contribution in [0.15, 0.2) is 42.9 Å². The third-order valence-electron chi connectivity index (χ3n) is 4.63. The molecule has 0 bridgehead atoms. The van der Waals surface area contributed by atoms with E-state index in [0.29, 0.717) is 31.0 Å². The molecule has 5 heteroatoms. The number of hydrogen-bond acceptors (Lipinski definition) is 4. The number of amides is 1. The predicted octanol–water partition coefficient (Wildman–Crippen LogP) is 2.35. The fourth-order valence-corrected chi connectivity index (χ4v) is 3.36. The standard InChI is InChI=1S/C20H25N3O2/c1-14(2)9-15-3-5-16(6-4-15)20(25)23-12-17(19(24)13-23)10-18-11-21-7-8-22-18/h3-8,11,14,17,19,24H,9-10,12-13H2,1-2H3/t17-,19-/m1/s1. The molecule has 1 aliphatic rings. The third-order valence-corrected chi connectivity index (χ3v) is 4.63. The zero-order valence-corrected chi connectivity index (χ0v) is 14.8. The number of carbonyl (C=O) groups excluding carboxylic acids is 1. The van der Waals surface area contributed by atoms with Crippen LogP contribution in [0.4, 0.5) is 0 Å². The van der Waals surface area contributed by atoms with Crippen molar-refractivity contribution in [2.24, 2.45) is 11.8 Å². The van der Waals surface area contributed by atoms with Gasteiger partial charge in [0.1, 0.15) is 0 Å². The van der Waals surface area contributed by atoms with Crippen LogP contribution >= 0.6 is 0 Å². The first-order valence-corrected chi connectivity index (χ1v) is 8.84. The fraction of sp³-hybridized carbons (Fsp3) is 0.450. The van der Waals surface area contributed by atoms with E-state index in [1.54, 1.807) is 23.5 Å². The van der Waals surface area contributed by atoms with Gasteiger partial charge in [0.15, 0.2) is 0 Å². The van der Waals surface area contributed by atoms with Crippen molar-refractivity contribution in [1.82, 2.24) is 14.9 Å². The number of hydrogen-bond donors (Lipinski definition) is 1. The van der Waals surface area contributed by atoms with Gasteiger partial charge in [-0.15, -0.1) is 0 Å². The van der Waals surface area contributed by atoms with Crippen LogP contribution in [-0.2, 0) is 12.8 Å². The van der Waals surface area contributed by atoms with Crippen LogP contribution in [0, 0.1) is 11.8 Å². The van der Waals surface area contributed by atoms with Crippen LogP contribution in [0.3, 0.4) is 0 Å². The Balaban J connectivity index is 1.63. The maximum Gasteiger partial charge on any atom is 0.253 e. The molecule has 1 N–H and O–H groups in total. The summed E-state index contributed by atoms with van der Waals surface area (Å²) in [4.78, 5) is 22.8. The summed E-state index contributed by atoms with van der Waals surface area (Å²) in [6.45, 7) is 5.28. The van der Waals surface area contributed by atoms with Crippen molar-refractivity contribution in [2.75, 3.05) is 13.1 Å². The second-order valence-corrected chi connectivity index (χ2v) is 7.23. The molecule has 2 atom stereocenters. The summed E-state index contributed by atoms with van der Waals surface area (Å²) < 4.78 is 0. The number of nitrogens with zero attached hydrogens (tertiary/aromatic N) is 3. The van der Waals surface area contributed by atoms with E-state index in [4.69, 9.17) is 0 Å². The molecule has 1 saturated heterocycles. The number of aliphatic hydroxyl groups is 1. The average Bonchev–Trinajstić information content (AvgIpc) is 2.96. The Kier molecular flexibility index (Phi) is 5.43. The number of aromatic nitrogens is 2. The zero-order valence-electron chi connectivity index (χ0n) is 14.8. The van der Waals surface area contributed by atoms with Gasteiger partial charge in [-0.05, 0) is 36.5 Å². The van der Waals surface area contributed by atoms with Gasteiger partial charge in [-0.25, -0.2) is 0 Å². The summed E-state index contributed by atoms with van der Waals surface area (Å²) in [5.41, 5.74) is 2.77. The highest BCUT2D eigenvalue weighted by Gasteiger charge is 2.34. The largest absolute Gasteiger partial charge is 0.391 e. The molecule has 0 spiro atoms. The lowest BCUT2D eigenvalue weighted by Gasteiger charge is -2.16. The Labute approximate surface area is 148 Å². The van der Waals surface area contributed by atoms with Crippen molar-refractivity contribution in [3.63, 3.8) is 0 Å². The minimum atomic E-state index is -0.522. The normalized spacial score (nSPS) is 20.2. The van der Waals surface area contributed by atoms with Crippen molar-refractivity contribution in [3.05, 3.63) is 59.7 Å². The van der Waals surface area contributed by atoms with Gasteiger partial charge < -0.3 is 10.0 Å². The van der Waals surface area contributed by atoms with Gasteiger partial charge >= 0.3 is 0 Å². The van der Waals surface area contributed by atoms with E-state index in [0.717, 1.165) is 12.1 Å². The molecule has 2 aromatic rings. The van der Waals surface area contributed by atoms with E-state index in [2.05, 4.69) is 23.8 Å². The Morgan fingerprint density at radius 1 is 1.24 bits per heavy atom. The predicted molar refractivity (Wildman–Crippen MR) is 96.1 cm³/mol. The fourth-order valence-electron chi connectivity index (χ4n) is 3.36. The molecular weight excluding hydrogens is 314 g/mol. The summed E-state index contributed by atoms with van der Waals surface area (Å²) in [6, 6.07) is 7.83. The van der Waals surface area contributed by atoms with Crippen molar-refractivity contribution in [2.45, 2.75) is 32.8 Å². The first-order valence-electron chi connectivity index (χ1n) is 8.84. The Morgan fingerprint density at radius 3 is 2.64 bits per heavy atom. The van der Waals surface area contributed by atoms with Gasteiger partial charge in [-0.2, -0.15) is 0 Å². The number of aliphatic hydroxyl groups excluding tert-OH is 1. The maximum atomic E-state index is 12.7. The van der Waals surface area contributed by atoms with E-state index in [9.17, 15) is 9.90 Å². The molecule has 0 radical (unpaired) electrons. The molecular formula is C20H25N3O2. The highest BCUT2D eigenvalue weighted by atomic mass is 16.3. The molecule has 5 nitrogen and oxygen atoms in total. The number of benzene rings is 1. The lowest BCUT2D eigenvalue weighted by Crippen LogP contribution is -2.29. The van der Waals surface area contributed by atoms with Crippen LogP contribution in [0.2, 0.25) is 0 Å². The monoisotopic (exact) mass is 339 g/mol. The Hall–Kier alpha value is -2.27. The molecule has 1 aromatic heterocycles. The minimum absolute atomic E-state index is 0.000800. The Morgan fingerprint density at radius 2 is 2.00 bits per heavy atom. The molecule has 132 valence electrons. The van der Waals surface area contributed by atoms with Crippen molar-refractivity contribution >= 4 is 5.91 Å². The van der Waals surface area contributed by atoms with Gasteiger partial charge in [0.25, 0.3) is 5.91 Å². The van der Waals surface area contributed by atoms with Crippen molar-refractivity contribution < 1.29 is 9.90 Å². The summed E-state index contributed by atoms with van der Waals surface area (Å²) >= 11 is 0. The van der Waals surface area contributed by atoms with E-state index in [1.807, 2.05) is 24.3 Å². The molecule has 2 heterocycles. The topological polar surface area (TPSA) is 66.3 Å². The Bertz CT molecular complexity index is 701. The second kappa shape index (κ2) is 7.74. The highest BCUT2D eigenvalue weighted by molar-refractivity contribution is 5.94. The van der Waals surface area contributed by atoms with E-state index in [-0.39, 0.29) is 11.8 Å². The summed E-state index contributed by atoms with van der Waals surface area (Å²) in [5, 5.41) is 10.3. The highest BCUT2D eigenvalue weighted by Crippen LogP contribution is 2.22. The van der Waals surface area contributed by atoms with Crippen LogP contribution in [0.1, 0.15) is 35.5 Å². The van der Waals surface area contributed by atoms with Crippen molar-refractivity contribution in [1.29, 1.82) is 0 Å². The molecule has 0 saturated carbocycles. The van der Waals surface area contributed by atoms with Crippen LogP contribution in [-0.4, -0.2) is 45.1 Å². The SMILES string of the molecule is CC(C)Cc1ccc(C(=O)N2C[C@@H](Cc3cnccn3)[C@H](O)C2)cc1. The summed E-state index contributed by atoms with van der Waals surface area (Å²) in [5.74, 6) is 0.579. The summed E-state index contributed by atoms with van der Waals surface area (Å²) in [7, 11) is 0.